The summed E-state index contributed by atoms with van der Waals surface area (Å²) in [6.07, 6.45) is 7.26. The number of amides is 2. The van der Waals surface area contributed by atoms with E-state index in [1.165, 1.54) is 19.8 Å². The Kier molecular flexibility index (Phi) is 8.49. The number of hydrogen-bond acceptors (Lipinski definition) is 7. The van der Waals surface area contributed by atoms with E-state index in [4.69, 9.17) is 4.98 Å². The maximum absolute atomic E-state index is 12.9. The lowest BCUT2D eigenvalue weighted by Crippen LogP contribution is -2.36. The van der Waals surface area contributed by atoms with Crippen molar-refractivity contribution in [2.24, 2.45) is 0 Å². The molecular formula is C31H38N8O2. The summed E-state index contributed by atoms with van der Waals surface area (Å²) in [4.78, 5) is 31.4. The van der Waals surface area contributed by atoms with E-state index in [9.17, 15) is 9.59 Å². The molecular weight excluding hydrogens is 516 g/mol. The molecule has 10 nitrogen and oxygen atoms in total. The molecule has 0 saturated heterocycles. The third-order valence-corrected chi connectivity index (χ3v) is 7.57. The van der Waals surface area contributed by atoms with Gasteiger partial charge in [-0.1, -0.05) is 13.0 Å². The zero-order valence-corrected chi connectivity index (χ0v) is 24.1. The Balaban J connectivity index is 1.32. The molecule has 2 aromatic carbocycles. The summed E-state index contributed by atoms with van der Waals surface area (Å²) in [5, 5.41) is 17.4. The van der Waals surface area contributed by atoms with Crippen LogP contribution in [0.25, 0.3) is 5.65 Å². The molecule has 0 radical (unpaired) electrons. The number of carbonyl (C=O) groups excluding carboxylic acids is 2. The highest BCUT2D eigenvalue weighted by atomic mass is 16.2. The summed E-state index contributed by atoms with van der Waals surface area (Å²) in [7, 11) is 4.31. The quantitative estimate of drug-likeness (QED) is 0.215. The Morgan fingerprint density at radius 1 is 0.951 bits per heavy atom. The number of anilines is 5. The minimum absolute atomic E-state index is 0.158. The van der Waals surface area contributed by atoms with Crippen molar-refractivity contribution < 1.29 is 9.59 Å². The van der Waals surface area contributed by atoms with Crippen molar-refractivity contribution in [3.63, 3.8) is 0 Å². The summed E-state index contributed by atoms with van der Waals surface area (Å²) in [5.74, 6) is 1.22. The predicted octanol–water partition coefficient (Wildman–Crippen LogP) is 5.53. The first-order chi connectivity index (χ1) is 19.8. The van der Waals surface area contributed by atoms with E-state index in [1.54, 1.807) is 24.3 Å². The van der Waals surface area contributed by atoms with Gasteiger partial charge in [0.25, 0.3) is 5.91 Å². The van der Waals surface area contributed by atoms with E-state index in [0.29, 0.717) is 29.0 Å². The molecule has 1 fully saturated rings. The second-order valence-electron chi connectivity index (χ2n) is 10.8. The van der Waals surface area contributed by atoms with Gasteiger partial charge in [-0.05, 0) is 88.7 Å². The molecule has 1 saturated carbocycles. The van der Waals surface area contributed by atoms with Crippen LogP contribution in [0.1, 0.15) is 55.5 Å². The van der Waals surface area contributed by atoms with Gasteiger partial charge < -0.3 is 26.2 Å². The topological polar surface area (TPSA) is 116 Å². The Labute approximate surface area is 240 Å². The number of nitrogens with one attached hydrogen (secondary N) is 4. The average molecular weight is 555 g/mol. The third kappa shape index (κ3) is 6.83. The molecule has 1 aliphatic rings. The van der Waals surface area contributed by atoms with Gasteiger partial charge in [0, 0.05) is 53.3 Å². The zero-order chi connectivity index (χ0) is 28.9. The normalized spacial score (nSPS) is 16.9. The summed E-state index contributed by atoms with van der Waals surface area (Å²) < 4.78 is 1.83. The monoisotopic (exact) mass is 554 g/mol. The first-order valence-corrected chi connectivity index (χ1v) is 14.2. The minimum atomic E-state index is -0.238. The lowest BCUT2D eigenvalue weighted by molar-refractivity contribution is -0.114. The molecule has 4 aromatic rings. The van der Waals surface area contributed by atoms with Crippen LogP contribution in [-0.4, -0.2) is 57.5 Å². The van der Waals surface area contributed by atoms with Gasteiger partial charge in [-0.25, -0.2) is 4.98 Å². The Morgan fingerprint density at radius 3 is 2.37 bits per heavy atom. The number of carbonyl (C=O) groups is 2. The molecule has 214 valence electrons. The molecule has 0 unspecified atom stereocenters. The molecule has 0 atom stereocenters. The van der Waals surface area contributed by atoms with Crippen LogP contribution in [0, 0.1) is 0 Å². The molecule has 1 aliphatic carbocycles. The van der Waals surface area contributed by atoms with Crippen LogP contribution in [-0.2, 0) is 11.2 Å². The van der Waals surface area contributed by atoms with Crippen LogP contribution in [0.15, 0.2) is 60.8 Å². The zero-order valence-electron chi connectivity index (χ0n) is 24.1. The van der Waals surface area contributed by atoms with Crippen molar-refractivity contribution in [1.29, 1.82) is 0 Å². The van der Waals surface area contributed by atoms with Gasteiger partial charge in [-0.15, -0.1) is 0 Å². The van der Waals surface area contributed by atoms with Gasteiger partial charge in [0.2, 0.25) is 5.91 Å². The number of nitrogens with zero attached hydrogens (tertiary/aromatic N) is 4. The highest BCUT2D eigenvalue weighted by molar-refractivity contribution is 6.04. The second-order valence-corrected chi connectivity index (χ2v) is 10.8. The lowest BCUT2D eigenvalue weighted by Gasteiger charge is -2.33. The largest absolute Gasteiger partial charge is 0.367 e. The van der Waals surface area contributed by atoms with Crippen molar-refractivity contribution in [2.75, 3.05) is 35.4 Å². The smallest absolute Gasteiger partial charge is 0.255 e. The number of hydrogen-bond donors (Lipinski definition) is 4. The van der Waals surface area contributed by atoms with E-state index in [-0.39, 0.29) is 11.8 Å². The van der Waals surface area contributed by atoms with Crippen LogP contribution in [0.5, 0.6) is 0 Å². The Bertz CT molecular complexity index is 1520. The second kappa shape index (κ2) is 12.4. The van der Waals surface area contributed by atoms with E-state index in [2.05, 4.69) is 52.3 Å². The van der Waals surface area contributed by atoms with Gasteiger partial charge in [-0.3, -0.25) is 9.59 Å². The molecule has 10 heteroatoms. The molecule has 0 bridgehead atoms. The molecule has 2 amide bonds. The SMILES string of the molecule is CCc1cnn2c(Nc3cccc(NC(=O)c4ccc(NC(C)=O)cc4)c3)cc(NC3CCC(N(C)C)CC3)nc12. The molecule has 0 spiro atoms. The minimum Gasteiger partial charge on any atom is -0.367 e. The summed E-state index contributed by atoms with van der Waals surface area (Å²) in [6, 6.07) is 17.4. The molecule has 2 heterocycles. The van der Waals surface area contributed by atoms with Crippen molar-refractivity contribution in [3.05, 3.63) is 71.9 Å². The first kappa shape index (κ1) is 28.1. The van der Waals surface area contributed by atoms with Crippen molar-refractivity contribution in [1.82, 2.24) is 19.5 Å². The van der Waals surface area contributed by atoms with Crippen molar-refractivity contribution in [3.8, 4) is 0 Å². The highest BCUT2D eigenvalue weighted by Gasteiger charge is 2.23. The van der Waals surface area contributed by atoms with E-state index < -0.39 is 0 Å². The molecule has 0 aliphatic heterocycles. The summed E-state index contributed by atoms with van der Waals surface area (Å²) in [6.45, 7) is 3.55. The maximum atomic E-state index is 12.9. The summed E-state index contributed by atoms with van der Waals surface area (Å²) >= 11 is 0. The maximum Gasteiger partial charge on any atom is 0.255 e. The molecule has 5 rings (SSSR count). The predicted molar refractivity (Wildman–Crippen MR) is 164 cm³/mol. The number of fused-ring (bicyclic) bond motifs is 1. The fourth-order valence-corrected chi connectivity index (χ4v) is 5.30. The van der Waals surface area contributed by atoms with Gasteiger partial charge in [0.15, 0.2) is 5.65 Å². The fourth-order valence-electron chi connectivity index (χ4n) is 5.30. The van der Waals surface area contributed by atoms with Gasteiger partial charge in [-0.2, -0.15) is 9.61 Å². The Morgan fingerprint density at radius 2 is 1.68 bits per heavy atom. The fraction of sp³-hybridized carbons (Fsp3) is 0.355. The van der Waals surface area contributed by atoms with Crippen molar-refractivity contribution >= 4 is 46.2 Å². The number of benzene rings is 2. The van der Waals surface area contributed by atoms with Crippen LogP contribution in [0.3, 0.4) is 0 Å². The standard InChI is InChI=1S/C31H38N8O2/c1-5-21-19-32-39-29(18-28(37-30(21)39)34-24-13-15-27(16-14-24)38(3)4)35-25-7-6-8-26(17-25)36-31(41)22-9-11-23(12-10-22)33-20(2)40/h6-12,17-19,24,27,35H,5,13-16H2,1-4H3,(H,33,40)(H,34,37)(H,36,41). The van der Waals surface area contributed by atoms with Crippen molar-refractivity contribution in [2.45, 2.75) is 58.0 Å². The van der Waals surface area contributed by atoms with Crippen LogP contribution in [0.2, 0.25) is 0 Å². The van der Waals surface area contributed by atoms with E-state index >= 15 is 0 Å². The Hall–Kier alpha value is -4.44. The highest BCUT2D eigenvalue weighted by Crippen LogP contribution is 2.28. The van der Waals surface area contributed by atoms with Crippen LogP contribution in [0.4, 0.5) is 28.7 Å². The van der Waals surface area contributed by atoms with Crippen LogP contribution >= 0.6 is 0 Å². The number of aryl methyl sites for hydroxylation is 1. The number of rotatable bonds is 9. The summed E-state index contributed by atoms with van der Waals surface area (Å²) in [5.41, 5.74) is 4.51. The van der Waals surface area contributed by atoms with Gasteiger partial charge in [0.05, 0.1) is 6.20 Å². The van der Waals surface area contributed by atoms with Crippen LogP contribution < -0.4 is 21.3 Å². The molecule has 2 aromatic heterocycles. The van der Waals surface area contributed by atoms with E-state index in [1.807, 2.05) is 41.0 Å². The first-order valence-electron chi connectivity index (χ1n) is 14.2. The molecule has 41 heavy (non-hydrogen) atoms. The number of aromatic nitrogens is 3. The lowest BCUT2D eigenvalue weighted by atomic mass is 9.90. The van der Waals surface area contributed by atoms with Gasteiger partial charge >= 0.3 is 0 Å². The van der Waals surface area contributed by atoms with E-state index in [0.717, 1.165) is 47.8 Å². The average Bonchev–Trinajstić information content (AvgIpc) is 3.37. The van der Waals surface area contributed by atoms with Gasteiger partial charge in [0.1, 0.15) is 11.6 Å². The third-order valence-electron chi connectivity index (χ3n) is 7.57. The molecule has 4 N–H and O–H groups in total.